The quantitative estimate of drug-likeness (QED) is 0.218. The highest BCUT2D eigenvalue weighted by Crippen LogP contribution is 2.29. The Morgan fingerprint density at radius 1 is 0.853 bits per heavy atom. The van der Waals surface area contributed by atoms with Gasteiger partial charge in [0.2, 0.25) is 0 Å². The molecule has 3 rings (SSSR count). The van der Waals surface area contributed by atoms with E-state index in [1.165, 1.54) is 64.2 Å². The molecule has 2 aromatic rings. The number of nitrogens with zero attached hydrogens (tertiary/aromatic N) is 2. The predicted octanol–water partition coefficient (Wildman–Crippen LogP) is 8.35. The minimum atomic E-state index is -0.913. The molecule has 0 N–H and O–H groups in total. The molecular formula is C29H43FN2O2. The van der Waals surface area contributed by atoms with E-state index in [1.54, 1.807) is 12.4 Å². The highest BCUT2D eigenvalue weighted by molar-refractivity contribution is 5.56. The molecular weight excluding hydrogens is 427 g/mol. The Hall–Kier alpha value is -2.17. The van der Waals surface area contributed by atoms with Crippen molar-refractivity contribution in [1.29, 1.82) is 0 Å². The summed E-state index contributed by atoms with van der Waals surface area (Å²) in [7, 11) is 0. The van der Waals surface area contributed by atoms with Crippen molar-refractivity contribution in [3.05, 3.63) is 36.7 Å². The van der Waals surface area contributed by atoms with Gasteiger partial charge in [-0.05, 0) is 43.0 Å². The molecule has 34 heavy (non-hydrogen) atoms. The van der Waals surface area contributed by atoms with Gasteiger partial charge in [0.1, 0.15) is 18.5 Å². The topological polar surface area (TPSA) is 44.2 Å². The summed E-state index contributed by atoms with van der Waals surface area (Å²) in [6.07, 6.45) is 19.7. The third-order valence-corrected chi connectivity index (χ3v) is 6.79. The molecule has 1 aromatic heterocycles. The summed E-state index contributed by atoms with van der Waals surface area (Å²) < 4.78 is 25.4. The van der Waals surface area contributed by atoms with Crippen molar-refractivity contribution in [2.75, 3.05) is 13.2 Å². The van der Waals surface area contributed by atoms with Crippen LogP contribution in [0.3, 0.4) is 0 Å². The maximum Gasteiger partial charge on any atom is 0.159 e. The smallest absolute Gasteiger partial charge is 0.159 e. The van der Waals surface area contributed by atoms with Gasteiger partial charge in [-0.3, -0.25) is 0 Å². The van der Waals surface area contributed by atoms with E-state index < -0.39 is 6.17 Å². The lowest BCUT2D eigenvalue weighted by Gasteiger charge is -2.11. The fourth-order valence-corrected chi connectivity index (χ4v) is 4.68. The molecule has 188 valence electrons. The molecule has 4 nitrogen and oxygen atoms in total. The Labute approximate surface area is 205 Å². The normalized spacial score (nSPS) is 14.9. The van der Waals surface area contributed by atoms with Crippen molar-refractivity contribution in [2.24, 2.45) is 5.92 Å². The van der Waals surface area contributed by atoms with Crippen LogP contribution < -0.4 is 9.47 Å². The molecule has 1 atom stereocenters. The summed E-state index contributed by atoms with van der Waals surface area (Å²) in [6, 6.07) is 7.51. The molecule has 1 aliphatic carbocycles. The second-order valence-corrected chi connectivity index (χ2v) is 9.73. The van der Waals surface area contributed by atoms with E-state index in [0.29, 0.717) is 30.4 Å². The van der Waals surface area contributed by atoms with Gasteiger partial charge >= 0.3 is 0 Å². The summed E-state index contributed by atoms with van der Waals surface area (Å²) in [5.41, 5.74) is 0.900. The molecule has 1 aliphatic rings. The van der Waals surface area contributed by atoms with Crippen molar-refractivity contribution in [2.45, 2.75) is 103 Å². The summed E-state index contributed by atoms with van der Waals surface area (Å²) in [6.45, 7) is 2.98. The molecule has 1 saturated carbocycles. The predicted molar refractivity (Wildman–Crippen MR) is 137 cm³/mol. The fourth-order valence-electron chi connectivity index (χ4n) is 4.68. The van der Waals surface area contributed by atoms with Crippen molar-refractivity contribution < 1.29 is 13.9 Å². The summed E-state index contributed by atoms with van der Waals surface area (Å²) in [4.78, 5) is 8.87. The standard InChI is InChI=1S/C29H43FN2O2/c1-2-3-4-8-15-26(30)23-34-27-18-16-25(17-19-27)29-31-21-28(22-32-29)33-20-11-6-5-7-12-24-13-9-10-14-24/h16-19,21-22,24,26H,2-15,20,23H2,1H3. The second-order valence-electron chi connectivity index (χ2n) is 9.73. The highest BCUT2D eigenvalue weighted by atomic mass is 19.1. The van der Waals surface area contributed by atoms with Gasteiger partial charge in [0.05, 0.1) is 19.0 Å². The van der Waals surface area contributed by atoms with Crippen LogP contribution in [0.2, 0.25) is 0 Å². The minimum absolute atomic E-state index is 0.106. The molecule has 5 heteroatoms. The number of hydrogen-bond donors (Lipinski definition) is 0. The summed E-state index contributed by atoms with van der Waals surface area (Å²) >= 11 is 0. The van der Waals surface area contributed by atoms with E-state index in [9.17, 15) is 4.39 Å². The third-order valence-electron chi connectivity index (χ3n) is 6.79. The van der Waals surface area contributed by atoms with E-state index in [0.717, 1.165) is 30.7 Å². The van der Waals surface area contributed by atoms with Crippen LogP contribution in [0.15, 0.2) is 36.7 Å². The van der Waals surface area contributed by atoms with E-state index >= 15 is 0 Å². The summed E-state index contributed by atoms with van der Waals surface area (Å²) in [5, 5.41) is 0. The lowest BCUT2D eigenvalue weighted by atomic mass is 9.99. The third kappa shape index (κ3) is 9.99. The Morgan fingerprint density at radius 2 is 1.56 bits per heavy atom. The first-order valence-corrected chi connectivity index (χ1v) is 13.6. The molecule has 1 unspecified atom stereocenters. The molecule has 1 heterocycles. The molecule has 1 fully saturated rings. The lowest BCUT2D eigenvalue weighted by molar-refractivity contribution is 0.184. The molecule has 0 bridgehead atoms. The zero-order valence-electron chi connectivity index (χ0n) is 21.0. The maximum atomic E-state index is 14.0. The number of unbranched alkanes of at least 4 members (excludes halogenated alkanes) is 6. The van der Waals surface area contributed by atoms with Crippen LogP contribution in [0.5, 0.6) is 11.5 Å². The first-order valence-electron chi connectivity index (χ1n) is 13.6. The first-order chi connectivity index (χ1) is 16.7. The van der Waals surface area contributed by atoms with Crippen LogP contribution in [0.4, 0.5) is 4.39 Å². The fraction of sp³-hybridized carbons (Fsp3) is 0.655. The van der Waals surface area contributed by atoms with E-state index in [2.05, 4.69) is 16.9 Å². The second kappa shape index (κ2) is 15.7. The van der Waals surface area contributed by atoms with Gasteiger partial charge in [0.15, 0.2) is 11.6 Å². The Bertz CT molecular complexity index is 776. The molecule has 0 saturated heterocycles. The number of ether oxygens (including phenoxy) is 2. The number of alkyl halides is 1. The van der Waals surface area contributed by atoms with Gasteiger partial charge in [-0.15, -0.1) is 0 Å². The molecule has 1 aromatic carbocycles. The summed E-state index contributed by atoms with van der Waals surface area (Å²) in [5.74, 6) is 3.03. The van der Waals surface area contributed by atoms with Crippen LogP contribution in [-0.4, -0.2) is 29.4 Å². The zero-order chi connectivity index (χ0) is 23.8. The molecule has 0 spiro atoms. The van der Waals surface area contributed by atoms with Crippen molar-refractivity contribution in [1.82, 2.24) is 9.97 Å². The van der Waals surface area contributed by atoms with E-state index in [1.807, 2.05) is 24.3 Å². The average molecular weight is 471 g/mol. The largest absolute Gasteiger partial charge is 0.491 e. The molecule has 0 radical (unpaired) electrons. The Balaban J connectivity index is 1.30. The monoisotopic (exact) mass is 470 g/mol. The van der Waals surface area contributed by atoms with Gasteiger partial charge in [0.25, 0.3) is 0 Å². The first kappa shape index (κ1) is 26.4. The van der Waals surface area contributed by atoms with Crippen LogP contribution in [0, 0.1) is 5.92 Å². The minimum Gasteiger partial charge on any atom is -0.491 e. The van der Waals surface area contributed by atoms with E-state index in [-0.39, 0.29) is 6.61 Å². The average Bonchev–Trinajstić information content (AvgIpc) is 3.39. The number of rotatable bonds is 17. The van der Waals surface area contributed by atoms with Crippen molar-refractivity contribution in [3.63, 3.8) is 0 Å². The van der Waals surface area contributed by atoms with Crippen molar-refractivity contribution >= 4 is 0 Å². The molecule has 0 aliphatic heterocycles. The van der Waals surface area contributed by atoms with Crippen LogP contribution in [0.1, 0.15) is 96.8 Å². The number of hydrogen-bond acceptors (Lipinski definition) is 4. The van der Waals surface area contributed by atoms with Gasteiger partial charge in [0, 0.05) is 5.56 Å². The van der Waals surface area contributed by atoms with Gasteiger partial charge < -0.3 is 9.47 Å². The van der Waals surface area contributed by atoms with Gasteiger partial charge in [-0.2, -0.15) is 0 Å². The van der Waals surface area contributed by atoms with Crippen LogP contribution in [-0.2, 0) is 0 Å². The highest BCUT2D eigenvalue weighted by Gasteiger charge is 2.13. The van der Waals surface area contributed by atoms with Crippen LogP contribution >= 0.6 is 0 Å². The molecule has 0 amide bonds. The maximum absolute atomic E-state index is 14.0. The lowest BCUT2D eigenvalue weighted by Crippen LogP contribution is -2.12. The van der Waals surface area contributed by atoms with E-state index in [4.69, 9.17) is 9.47 Å². The number of aromatic nitrogens is 2. The van der Waals surface area contributed by atoms with Crippen molar-refractivity contribution in [3.8, 4) is 22.9 Å². The van der Waals surface area contributed by atoms with Crippen LogP contribution in [0.25, 0.3) is 11.4 Å². The van der Waals surface area contributed by atoms with Gasteiger partial charge in [-0.1, -0.05) is 84.0 Å². The SMILES string of the molecule is CCCCCCC(F)COc1ccc(-c2ncc(OCCCCCCC3CCCC3)cn2)cc1. The van der Waals surface area contributed by atoms with Gasteiger partial charge in [-0.25, -0.2) is 14.4 Å². The zero-order valence-corrected chi connectivity index (χ0v) is 21.0. The Morgan fingerprint density at radius 3 is 2.29 bits per heavy atom. The number of benzene rings is 1. The number of halogens is 1. The Kier molecular flexibility index (Phi) is 12.2.